The number of benzene rings is 1. The summed E-state index contributed by atoms with van der Waals surface area (Å²) >= 11 is 0. The summed E-state index contributed by atoms with van der Waals surface area (Å²) < 4.78 is 0. The molecule has 6 nitrogen and oxygen atoms in total. The van der Waals surface area contributed by atoms with Gasteiger partial charge in [-0.15, -0.1) is 0 Å². The summed E-state index contributed by atoms with van der Waals surface area (Å²) in [4.78, 5) is 29.1. The molecule has 0 atom stereocenters. The minimum atomic E-state index is -0.113. The van der Waals surface area contributed by atoms with Gasteiger partial charge in [0.1, 0.15) is 0 Å². The van der Waals surface area contributed by atoms with Gasteiger partial charge < -0.3 is 20.4 Å². The Labute approximate surface area is 175 Å². The van der Waals surface area contributed by atoms with Crippen LogP contribution >= 0.6 is 0 Å². The molecular weight excluding hydrogens is 364 g/mol. The van der Waals surface area contributed by atoms with E-state index >= 15 is 0 Å². The van der Waals surface area contributed by atoms with Gasteiger partial charge in [0.25, 0.3) is 0 Å². The molecule has 2 N–H and O–H groups in total. The van der Waals surface area contributed by atoms with Crippen LogP contribution in [0.15, 0.2) is 24.3 Å². The Morgan fingerprint density at radius 3 is 2.17 bits per heavy atom. The molecule has 1 aliphatic carbocycles. The molecule has 2 fully saturated rings. The summed E-state index contributed by atoms with van der Waals surface area (Å²) in [6, 6.07) is 8.21. The Balaban J connectivity index is 1.47. The van der Waals surface area contributed by atoms with Crippen molar-refractivity contribution in [2.45, 2.75) is 64.8 Å². The van der Waals surface area contributed by atoms with E-state index in [-0.39, 0.29) is 11.9 Å². The van der Waals surface area contributed by atoms with Crippen molar-refractivity contribution in [3.63, 3.8) is 0 Å². The Hall–Kier alpha value is -2.24. The molecule has 6 heteroatoms. The van der Waals surface area contributed by atoms with Crippen molar-refractivity contribution in [2.24, 2.45) is 5.92 Å². The molecule has 0 bridgehead atoms. The number of amides is 3. The molecule has 1 saturated carbocycles. The van der Waals surface area contributed by atoms with E-state index in [0.717, 1.165) is 63.2 Å². The smallest absolute Gasteiger partial charge is 0.319 e. The first-order chi connectivity index (χ1) is 14.1. The number of carbonyl (C=O) groups is 2. The quantitative estimate of drug-likeness (QED) is 0.751. The zero-order chi connectivity index (χ0) is 20.6. The monoisotopic (exact) mass is 400 g/mol. The second-order valence-electron chi connectivity index (χ2n) is 8.31. The number of hydrogen-bond acceptors (Lipinski definition) is 3. The number of nitrogens with zero attached hydrogens (tertiary/aromatic N) is 2. The molecule has 1 aliphatic heterocycles. The van der Waals surface area contributed by atoms with Crippen molar-refractivity contribution in [1.82, 2.24) is 10.2 Å². The second-order valence-corrected chi connectivity index (χ2v) is 8.31. The molecule has 1 heterocycles. The highest BCUT2D eigenvalue weighted by atomic mass is 16.2. The fourth-order valence-corrected chi connectivity index (χ4v) is 4.44. The molecule has 0 spiro atoms. The van der Waals surface area contributed by atoms with Gasteiger partial charge in [-0.2, -0.15) is 0 Å². The molecule has 3 rings (SSSR count). The van der Waals surface area contributed by atoms with E-state index in [9.17, 15) is 9.59 Å². The molecule has 0 radical (unpaired) electrons. The van der Waals surface area contributed by atoms with E-state index in [1.165, 1.54) is 19.3 Å². The van der Waals surface area contributed by atoms with E-state index in [1.807, 2.05) is 17.0 Å². The van der Waals surface area contributed by atoms with Gasteiger partial charge in [0.05, 0.1) is 0 Å². The van der Waals surface area contributed by atoms with Crippen molar-refractivity contribution < 1.29 is 9.59 Å². The third-order valence-electron chi connectivity index (χ3n) is 6.36. The fraction of sp³-hybridized carbons (Fsp3) is 0.652. The Kier molecular flexibility index (Phi) is 7.78. The summed E-state index contributed by atoms with van der Waals surface area (Å²) in [5, 5.41) is 6.03. The number of urea groups is 1. The van der Waals surface area contributed by atoms with Crippen molar-refractivity contribution in [3.8, 4) is 0 Å². The highest BCUT2D eigenvalue weighted by Crippen LogP contribution is 2.22. The number of hydrogen-bond donors (Lipinski definition) is 2. The van der Waals surface area contributed by atoms with E-state index < -0.39 is 0 Å². The first kappa shape index (κ1) is 21.5. The summed E-state index contributed by atoms with van der Waals surface area (Å²) in [5.74, 6) is 0.463. The summed E-state index contributed by atoms with van der Waals surface area (Å²) in [5.41, 5.74) is 1.95. The maximum atomic E-state index is 12.6. The van der Waals surface area contributed by atoms with E-state index in [4.69, 9.17) is 0 Å². The number of rotatable bonds is 6. The Bertz CT molecular complexity index is 658. The van der Waals surface area contributed by atoms with Crippen LogP contribution in [0, 0.1) is 5.92 Å². The van der Waals surface area contributed by atoms with Crippen LogP contribution in [0.1, 0.15) is 58.8 Å². The maximum Gasteiger partial charge on any atom is 0.319 e. The SMILES string of the molecule is CCC(CC)C(=O)N1CCN(c2ccc(NC(=O)NC3CCCCC3)cc2)CC1. The molecule has 3 amide bonds. The molecule has 160 valence electrons. The molecule has 1 saturated heterocycles. The van der Waals surface area contributed by atoms with Crippen molar-refractivity contribution >= 4 is 23.3 Å². The van der Waals surface area contributed by atoms with Crippen LogP contribution in [-0.4, -0.2) is 49.1 Å². The molecule has 29 heavy (non-hydrogen) atoms. The van der Waals surface area contributed by atoms with Crippen LogP contribution < -0.4 is 15.5 Å². The van der Waals surface area contributed by atoms with Gasteiger partial charge in [0.15, 0.2) is 0 Å². The van der Waals surface area contributed by atoms with Crippen LogP contribution in [-0.2, 0) is 4.79 Å². The number of piperazine rings is 1. The van der Waals surface area contributed by atoms with Gasteiger partial charge in [-0.25, -0.2) is 4.79 Å². The highest BCUT2D eigenvalue weighted by molar-refractivity contribution is 5.89. The van der Waals surface area contributed by atoms with Crippen LogP contribution in [0.4, 0.5) is 16.2 Å². The van der Waals surface area contributed by atoms with Gasteiger partial charge in [0.2, 0.25) is 5.91 Å². The van der Waals surface area contributed by atoms with Gasteiger partial charge in [-0.3, -0.25) is 4.79 Å². The minimum absolute atomic E-state index is 0.113. The van der Waals surface area contributed by atoms with Crippen LogP contribution in [0.3, 0.4) is 0 Å². The van der Waals surface area contributed by atoms with Crippen LogP contribution in [0.25, 0.3) is 0 Å². The average Bonchev–Trinajstić information content (AvgIpc) is 2.76. The fourth-order valence-electron chi connectivity index (χ4n) is 4.44. The summed E-state index contributed by atoms with van der Waals surface area (Å²) in [6.07, 6.45) is 7.68. The van der Waals surface area contributed by atoms with Gasteiger partial charge in [-0.05, 0) is 49.9 Å². The standard InChI is InChI=1S/C23H36N4O2/c1-3-18(4-2)22(28)27-16-14-26(15-17-27)21-12-10-20(11-13-21)25-23(29)24-19-8-6-5-7-9-19/h10-13,18-19H,3-9,14-17H2,1-2H3,(H2,24,25,29). The third kappa shape index (κ3) is 5.87. The van der Waals surface area contributed by atoms with Gasteiger partial charge in [0, 0.05) is 49.5 Å². The van der Waals surface area contributed by atoms with E-state index in [1.54, 1.807) is 0 Å². The zero-order valence-corrected chi connectivity index (χ0v) is 18.0. The number of carbonyl (C=O) groups excluding carboxylic acids is 2. The molecule has 1 aromatic carbocycles. The van der Waals surface area contributed by atoms with Crippen molar-refractivity contribution in [2.75, 3.05) is 36.4 Å². The number of nitrogens with one attached hydrogen (secondary N) is 2. The molecule has 1 aromatic rings. The lowest BCUT2D eigenvalue weighted by Gasteiger charge is -2.37. The van der Waals surface area contributed by atoms with Crippen molar-refractivity contribution in [1.29, 1.82) is 0 Å². The molecule has 0 aromatic heterocycles. The Morgan fingerprint density at radius 2 is 1.59 bits per heavy atom. The van der Waals surface area contributed by atoms with Crippen molar-refractivity contribution in [3.05, 3.63) is 24.3 Å². The lowest BCUT2D eigenvalue weighted by Crippen LogP contribution is -2.50. The third-order valence-corrected chi connectivity index (χ3v) is 6.36. The summed E-state index contributed by atoms with van der Waals surface area (Å²) in [6.45, 7) is 7.43. The lowest BCUT2D eigenvalue weighted by atomic mass is 9.96. The van der Waals surface area contributed by atoms with E-state index in [0.29, 0.717) is 11.9 Å². The predicted octanol–water partition coefficient (Wildman–Crippen LogP) is 4.23. The first-order valence-electron chi connectivity index (χ1n) is 11.3. The average molecular weight is 401 g/mol. The van der Waals surface area contributed by atoms with Crippen LogP contribution in [0.5, 0.6) is 0 Å². The van der Waals surface area contributed by atoms with Crippen LogP contribution in [0.2, 0.25) is 0 Å². The molecular formula is C23H36N4O2. The zero-order valence-electron chi connectivity index (χ0n) is 18.0. The highest BCUT2D eigenvalue weighted by Gasteiger charge is 2.25. The lowest BCUT2D eigenvalue weighted by molar-refractivity contribution is -0.136. The predicted molar refractivity (Wildman–Crippen MR) is 118 cm³/mol. The topological polar surface area (TPSA) is 64.7 Å². The first-order valence-corrected chi connectivity index (χ1v) is 11.3. The van der Waals surface area contributed by atoms with E-state index in [2.05, 4.69) is 41.5 Å². The summed E-state index contributed by atoms with van der Waals surface area (Å²) in [7, 11) is 0. The number of anilines is 2. The maximum absolute atomic E-state index is 12.6. The largest absolute Gasteiger partial charge is 0.368 e. The molecule has 0 unspecified atom stereocenters. The minimum Gasteiger partial charge on any atom is -0.368 e. The van der Waals surface area contributed by atoms with Gasteiger partial charge in [-0.1, -0.05) is 33.1 Å². The van der Waals surface area contributed by atoms with Gasteiger partial charge >= 0.3 is 6.03 Å². The Morgan fingerprint density at radius 1 is 0.966 bits per heavy atom. The normalized spacial score (nSPS) is 18.0. The molecule has 2 aliphatic rings. The second kappa shape index (κ2) is 10.5.